The molecule has 4 heteroatoms. The molecule has 1 heterocycles. The molecule has 4 rings (SSSR count). The van der Waals surface area contributed by atoms with E-state index in [-0.39, 0.29) is 0 Å². The minimum Gasteiger partial charge on any atom is -0.393 e. The lowest BCUT2D eigenvalue weighted by Crippen LogP contribution is -2.35. The van der Waals surface area contributed by atoms with E-state index in [1.807, 2.05) is 47.2 Å². The van der Waals surface area contributed by atoms with Gasteiger partial charge in [-0.3, -0.25) is 0 Å². The van der Waals surface area contributed by atoms with Gasteiger partial charge in [0.1, 0.15) is 5.82 Å². The van der Waals surface area contributed by atoms with Gasteiger partial charge in [-0.15, -0.1) is 0 Å². The van der Waals surface area contributed by atoms with Crippen LogP contribution < -0.4 is 0 Å². The van der Waals surface area contributed by atoms with Gasteiger partial charge in [-0.05, 0) is 21.9 Å². The van der Waals surface area contributed by atoms with Crippen molar-refractivity contribution >= 4 is 10.8 Å². The van der Waals surface area contributed by atoms with E-state index in [1.54, 1.807) is 18.3 Å². The fourth-order valence-electron chi connectivity index (χ4n) is 3.42. The van der Waals surface area contributed by atoms with E-state index in [2.05, 4.69) is 29.2 Å². The van der Waals surface area contributed by atoms with Gasteiger partial charge in [0.05, 0.1) is 6.61 Å². The Morgan fingerprint density at radius 3 is 2.42 bits per heavy atom. The zero-order chi connectivity index (χ0) is 18.0. The largest absolute Gasteiger partial charge is 0.393 e. The van der Waals surface area contributed by atoms with Crippen molar-refractivity contribution in [3.05, 3.63) is 102 Å². The molecule has 2 N–H and O–H groups in total. The van der Waals surface area contributed by atoms with E-state index in [9.17, 15) is 10.2 Å². The first kappa shape index (κ1) is 16.5. The van der Waals surface area contributed by atoms with Gasteiger partial charge in [0.25, 0.3) is 0 Å². The molecule has 0 aliphatic heterocycles. The van der Waals surface area contributed by atoms with Crippen molar-refractivity contribution in [2.75, 3.05) is 6.61 Å². The maximum Gasteiger partial charge on any atom is 0.170 e. The van der Waals surface area contributed by atoms with Crippen LogP contribution in [0.25, 0.3) is 10.8 Å². The van der Waals surface area contributed by atoms with Crippen molar-refractivity contribution in [3.8, 4) is 0 Å². The summed E-state index contributed by atoms with van der Waals surface area (Å²) in [5.41, 5.74) is 0.207. The second kappa shape index (κ2) is 6.75. The molecule has 4 aromatic rings. The summed E-state index contributed by atoms with van der Waals surface area (Å²) in [5.74, 6) is 0.430. The number of benzene rings is 3. The van der Waals surface area contributed by atoms with Gasteiger partial charge in [-0.1, -0.05) is 72.8 Å². The Balaban J connectivity index is 1.77. The summed E-state index contributed by atoms with van der Waals surface area (Å²) >= 11 is 0. The van der Waals surface area contributed by atoms with Crippen molar-refractivity contribution in [2.45, 2.75) is 12.1 Å². The molecule has 4 nitrogen and oxygen atoms in total. The Bertz CT molecular complexity index is 1020. The van der Waals surface area contributed by atoms with Gasteiger partial charge in [0.15, 0.2) is 5.60 Å². The summed E-state index contributed by atoms with van der Waals surface area (Å²) in [6, 6.07) is 23.6. The van der Waals surface area contributed by atoms with Crippen LogP contribution in [0.15, 0.2) is 85.2 Å². The number of aliphatic hydroxyl groups excluding tert-OH is 1. The van der Waals surface area contributed by atoms with Gasteiger partial charge < -0.3 is 14.8 Å². The number of nitrogens with zero attached hydrogens (tertiary/aromatic N) is 2. The van der Waals surface area contributed by atoms with E-state index < -0.39 is 12.2 Å². The lowest BCUT2D eigenvalue weighted by molar-refractivity contribution is 0.00737. The molecule has 0 aliphatic carbocycles. The Labute approximate surface area is 152 Å². The molecule has 26 heavy (non-hydrogen) atoms. The number of hydrogen-bond acceptors (Lipinski definition) is 3. The first-order valence-corrected chi connectivity index (χ1v) is 8.59. The van der Waals surface area contributed by atoms with Gasteiger partial charge >= 0.3 is 0 Å². The van der Waals surface area contributed by atoms with Crippen LogP contribution in [0, 0.1) is 0 Å². The van der Waals surface area contributed by atoms with E-state index >= 15 is 0 Å². The Morgan fingerprint density at radius 1 is 0.885 bits per heavy atom. The zero-order valence-corrected chi connectivity index (χ0v) is 14.3. The number of fused-ring (bicyclic) bond motifs is 1. The van der Waals surface area contributed by atoms with Gasteiger partial charge in [0, 0.05) is 18.9 Å². The first-order chi connectivity index (χ1) is 12.7. The number of aliphatic hydroxyl groups is 2. The van der Waals surface area contributed by atoms with E-state index in [0.717, 1.165) is 5.56 Å². The molecule has 0 bridgehead atoms. The number of hydrogen-bond donors (Lipinski definition) is 2. The maximum atomic E-state index is 11.2. The SMILES string of the molecule is OCC(O)(c1ccccc1)c1nccn1Cc1cccc2ccccc12. The summed E-state index contributed by atoms with van der Waals surface area (Å²) in [7, 11) is 0. The standard InChI is InChI=1S/C22H20N2O2/c25-16-22(26,19-10-2-1-3-11-19)21-23-13-14-24(21)15-18-9-6-8-17-7-4-5-12-20(17)18/h1-14,25-26H,15-16H2. The quantitative estimate of drug-likeness (QED) is 0.584. The molecule has 1 unspecified atom stereocenters. The normalized spacial score (nSPS) is 13.6. The highest BCUT2D eigenvalue weighted by Crippen LogP contribution is 2.29. The van der Waals surface area contributed by atoms with Crippen LogP contribution in [0.3, 0.4) is 0 Å². The first-order valence-electron chi connectivity index (χ1n) is 8.59. The van der Waals surface area contributed by atoms with Crippen molar-refractivity contribution in [3.63, 3.8) is 0 Å². The molecule has 1 atom stereocenters. The molecule has 0 fully saturated rings. The van der Waals surface area contributed by atoms with Crippen molar-refractivity contribution in [1.29, 1.82) is 0 Å². The molecule has 0 radical (unpaired) electrons. The van der Waals surface area contributed by atoms with Crippen LogP contribution in [0.5, 0.6) is 0 Å². The molecule has 0 spiro atoms. The fraction of sp³-hybridized carbons (Fsp3) is 0.136. The number of aromatic nitrogens is 2. The molecule has 0 amide bonds. The molecule has 1 aromatic heterocycles. The predicted octanol–water partition coefficient (Wildman–Crippen LogP) is 3.31. The third-order valence-corrected chi connectivity index (χ3v) is 4.79. The number of rotatable bonds is 5. The molecule has 0 saturated carbocycles. The lowest BCUT2D eigenvalue weighted by Gasteiger charge is -2.27. The summed E-state index contributed by atoms with van der Waals surface area (Å²) in [5, 5.41) is 23.5. The van der Waals surface area contributed by atoms with Crippen molar-refractivity contribution in [1.82, 2.24) is 9.55 Å². The van der Waals surface area contributed by atoms with Crippen LogP contribution in [-0.2, 0) is 12.1 Å². The van der Waals surface area contributed by atoms with Gasteiger partial charge in [-0.2, -0.15) is 0 Å². The average Bonchev–Trinajstić information content (AvgIpc) is 3.17. The van der Waals surface area contributed by atoms with Crippen LogP contribution in [0.4, 0.5) is 0 Å². The summed E-state index contributed by atoms with van der Waals surface area (Å²) < 4.78 is 1.89. The monoisotopic (exact) mass is 344 g/mol. The molecule has 0 saturated heterocycles. The molecular formula is C22H20N2O2. The van der Waals surface area contributed by atoms with Gasteiger partial charge in [-0.25, -0.2) is 4.98 Å². The average molecular weight is 344 g/mol. The lowest BCUT2D eigenvalue weighted by atomic mass is 9.93. The minimum absolute atomic E-state index is 0.430. The second-order valence-electron chi connectivity index (χ2n) is 6.40. The van der Waals surface area contributed by atoms with Crippen molar-refractivity contribution in [2.24, 2.45) is 0 Å². The summed E-state index contributed by atoms with van der Waals surface area (Å²) in [6.45, 7) is 0.120. The fourth-order valence-corrected chi connectivity index (χ4v) is 3.42. The van der Waals surface area contributed by atoms with E-state index in [4.69, 9.17) is 0 Å². The summed E-state index contributed by atoms with van der Waals surface area (Å²) in [4.78, 5) is 4.36. The molecule has 3 aromatic carbocycles. The zero-order valence-electron chi connectivity index (χ0n) is 14.3. The second-order valence-corrected chi connectivity index (χ2v) is 6.40. The summed E-state index contributed by atoms with van der Waals surface area (Å²) in [6.07, 6.45) is 3.49. The smallest absolute Gasteiger partial charge is 0.170 e. The molecular weight excluding hydrogens is 324 g/mol. The highest BCUT2D eigenvalue weighted by Gasteiger charge is 2.35. The topological polar surface area (TPSA) is 58.3 Å². The van der Waals surface area contributed by atoms with Crippen LogP contribution in [0.1, 0.15) is 17.0 Å². The maximum absolute atomic E-state index is 11.2. The third kappa shape index (κ3) is 2.79. The highest BCUT2D eigenvalue weighted by atomic mass is 16.3. The number of imidazole rings is 1. The predicted molar refractivity (Wildman–Crippen MR) is 102 cm³/mol. The minimum atomic E-state index is -1.55. The molecule has 130 valence electrons. The van der Waals surface area contributed by atoms with E-state index in [1.165, 1.54) is 10.8 Å². The van der Waals surface area contributed by atoms with Gasteiger partial charge in [0.2, 0.25) is 0 Å². The van der Waals surface area contributed by atoms with Crippen LogP contribution in [-0.4, -0.2) is 26.4 Å². The Morgan fingerprint density at radius 2 is 1.62 bits per heavy atom. The third-order valence-electron chi connectivity index (χ3n) is 4.79. The Hall–Kier alpha value is -2.95. The highest BCUT2D eigenvalue weighted by molar-refractivity contribution is 5.85. The Kier molecular flexibility index (Phi) is 4.29. The molecule has 0 aliphatic rings. The van der Waals surface area contributed by atoms with Crippen LogP contribution >= 0.6 is 0 Å². The van der Waals surface area contributed by atoms with Crippen LogP contribution in [0.2, 0.25) is 0 Å². The van der Waals surface area contributed by atoms with Crippen molar-refractivity contribution < 1.29 is 10.2 Å². The van der Waals surface area contributed by atoms with E-state index in [0.29, 0.717) is 17.9 Å².